The highest BCUT2D eigenvalue weighted by atomic mass is 35.5. The number of hydrogen-bond acceptors (Lipinski definition) is 5. The van der Waals surface area contributed by atoms with Crippen molar-refractivity contribution in [1.82, 2.24) is 15.3 Å². The monoisotopic (exact) mass is 298 g/mol. The molecule has 0 spiro atoms. The molecular formula is C12H15ClN4OS. The molecule has 2 rings (SSSR count). The Hall–Kier alpha value is -1.40. The fourth-order valence-electron chi connectivity index (χ4n) is 1.93. The Morgan fingerprint density at radius 3 is 3.00 bits per heavy atom. The van der Waals surface area contributed by atoms with Crippen LogP contribution in [0.25, 0.3) is 10.2 Å². The molecule has 0 saturated carbocycles. The van der Waals surface area contributed by atoms with E-state index in [0.717, 1.165) is 16.0 Å². The largest absolute Gasteiger partial charge is 0.359 e. The minimum Gasteiger partial charge on any atom is -0.359 e. The molecule has 7 heteroatoms. The first-order valence-corrected chi connectivity index (χ1v) is 7.12. The van der Waals surface area contributed by atoms with Crippen molar-refractivity contribution in [3.63, 3.8) is 0 Å². The molecule has 0 fully saturated rings. The van der Waals surface area contributed by atoms with Gasteiger partial charge in [-0.15, -0.1) is 11.3 Å². The van der Waals surface area contributed by atoms with Gasteiger partial charge in [0.2, 0.25) is 11.2 Å². The predicted octanol–water partition coefficient (Wildman–Crippen LogP) is 2.16. The molecule has 0 aliphatic rings. The lowest BCUT2D eigenvalue weighted by Crippen LogP contribution is -2.34. The van der Waals surface area contributed by atoms with Crippen LogP contribution >= 0.6 is 22.9 Å². The van der Waals surface area contributed by atoms with E-state index in [1.54, 1.807) is 7.05 Å². The van der Waals surface area contributed by atoms with Crippen LogP contribution in [0.4, 0.5) is 5.82 Å². The minimum atomic E-state index is -0.127. The number of thiophene rings is 1. The van der Waals surface area contributed by atoms with E-state index in [1.165, 1.54) is 11.3 Å². The first-order valence-electron chi connectivity index (χ1n) is 5.86. The third-order valence-electron chi connectivity index (χ3n) is 2.88. The van der Waals surface area contributed by atoms with Gasteiger partial charge in [0.25, 0.3) is 0 Å². The van der Waals surface area contributed by atoms with Crippen molar-refractivity contribution in [2.45, 2.75) is 6.92 Å². The second kappa shape index (κ2) is 5.71. The van der Waals surface area contributed by atoms with Crippen molar-refractivity contribution in [3.05, 3.63) is 16.7 Å². The van der Waals surface area contributed by atoms with Crippen molar-refractivity contribution in [1.29, 1.82) is 0 Å². The van der Waals surface area contributed by atoms with E-state index in [2.05, 4.69) is 15.3 Å². The zero-order valence-electron chi connectivity index (χ0n) is 11.0. The average Bonchev–Trinajstić information content (AvgIpc) is 2.84. The summed E-state index contributed by atoms with van der Waals surface area (Å²) in [4.78, 5) is 22.8. The highest BCUT2D eigenvalue weighted by Gasteiger charge is 2.17. The summed E-state index contributed by atoms with van der Waals surface area (Å²) >= 11 is 7.45. The molecule has 0 aromatic carbocycles. The van der Waals surface area contributed by atoms with Gasteiger partial charge in [0.15, 0.2) is 0 Å². The molecule has 102 valence electrons. The SMILES string of the molecule is CNC(=O)C(C)CN(C)c1nc(Cl)nc2sccc12. The van der Waals surface area contributed by atoms with Crippen molar-refractivity contribution in [2.24, 2.45) is 5.92 Å². The minimum absolute atomic E-state index is 0.00793. The van der Waals surface area contributed by atoms with Gasteiger partial charge >= 0.3 is 0 Å². The zero-order chi connectivity index (χ0) is 14.0. The molecule has 2 aromatic heterocycles. The molecule has 1 N–H and O–H groups in total. The lowest BCUT2D eigenvalue weighted by Gasteiger charge is -2.22. The van der Waals surface area contributed by atoms with E-state index >= 15 is 0 Å². The van der Waals surface area contributed by atoms with Gasteiger partial charge in [-0.3, -0.25) is 4.79 Å². The fourth-order valence-corrected chi connectivity index (χ4v) is 2.91. The van der Waals surface area contributed by atoms with Crippen LogP contribution in [-0.2, 0) is 4.79 Å². The van der Waals surface area contributed by atoms with Gasteiger partial charge < -0.3 is 10.2 Å². The van der Waals surface area contributed by atoms with Gasteiger partial charge in [0.05, 0.1) is 11.3 Å². The number of hydrogen-bond donors (Lipinski definition) is 1. The number of carbonyl (C=O) groups is 1. The standard InChI is InChI=1S/C12H15ClN4OS/c1-7(10(18)14-2)6-17(3)9-8-4-5-19-11(8)16-12(13)15-9/h4-5,7H,6H2,1-3H3,(H,14,18). The number of nitrogens with one attached hydrogen (secondary N) is 1. The van der Waals surface area contributed by atoms with Gasteiger partial charge in [0, 0.05) is 20.6 Å². The van der Waals surface area contributed by atoms with Gasteiger partial charge in [-0.1, -0.05) is 6.92 Å². The van der Waals surface area contributed by atoms with E-state index < -0.39 is 0 Å². The molecule has 1 atom stereocenters. The molecule has 19 heavy (non-hydrogen) atoms. The van der Waals surface area contributed by atoms with Crippen LogP contribution in [0, 0.1) is 5.92 Å². The first-order chi connectivity index (χ1) is 9.02. The van der Waals surface area contributed by atoms with E-state index in [9.17, 15) is 4.79 Å². The van der Waals surface area contributed by atoms with Gasteiger partial charge in [-0.2, -0.15) is 4.98 Å². The Morgan fingerprint density at radius 2 is 2.32 bits per heavy atom. The Balaban J connectivity index is 2.28. The van der Waals surface area contributed by atoms with Gasteiger partial charge in [-0.25, -0.2) is 4.98 Å². The quantitative estimate of drug-likeness (QED) is 0.879. The van der Waals surface area contributed by atoms with E-state index in [1.807, 2.05) is 30.3 Å². The van der Waals surface area contributed by atoms with Crippen LogP contribution in [-0.4, -0.2) is 36.5 Å². The van der Waals surface area contributed by atoms with Crippen LogP contribution < -0.4 is 10.2 Å². The van der Waals surface area contributed by atoms with Crippen LogP contribution in [0.1, 0.15) is 6.92 Å². The Kier molecular flexibility index (Phi) is 4.21. The maximum atomic E-state index is 11.6. The number of nitrogens with zero attached hydrogens (tertiary/aromatic N) is 3. The zero-order valence-corrected chi connectivity index (χ0v) is 12.5. The molecule has 0 saturated heterocycles. The van der Waals surface area contributed by atoms with E-state index in [-0.39, 0.29) is 17.1 Å². The molecule has 2 aromatic rings. The molecule has 0 aliphatic carbocycles. The van der Waals surface area contributed by atoms with Crippen molar-refractivity contribution in [2.75, 3.05) is 25.5 Å². The molecule has 0 aliphatic heterocycles. The smallest absolute Gasteiger partial charge is 0.225 e. The number of halogens is 1. The maximum absolute atomic E-state index is 11.6. The van der Waals surface area contributed by atoms with Gasteiger partial charge in [-0.05, 0) is 23.0 Å². The number of anilines is 1. The Labute approximate surface area is 120 Å². The van der Waals surface area contributed by atoms with Crippen LogP contribution in [0.2, 0.25) is 5.28 Å². The molecule has 5 nitrogen and oxygen atoms in total. The number of carbonyl (C=O) groups excluding carboxylic acids is 1. The van der Waals surface area contributed by atoms with Crippen LogP contribution in [0.15, 0.2) is 11.4 Å². The highest BCUT2D eigenvalue weighted by Crippen LogP contribution is 2.28. The van der Waals surface area contributed by atoms with E-state index in [0.29, 0.717) is 6.54 Å². The second-order valence-electron chi connectivity index (χ2n) is 4.35. The average molecular weight is 299 g/mol. The maximum Gasteiger partial charge on any atom is 0.225 e. The number of aromatic nitrogens is 2. The summed E-state index contributed by atoms with van der Waals surface area (Å²) < 4.78 is 0. The summed E-state index contributed by atoms with van der Waals surface area (Å²) in [5.74, 6) is 0.637. The summed E-state index contributed by atoms with van der Waals surface area (Å²) in [5.41, 5.74) is 0. The number of amides is 1. The third kappa shape index (κ3) is 2.96. The molecular weight excluding hydrogens is 284 g/mol. The van der Waals surface area contributed by atoms with Crippen LogP contribution in [0.5, 0.6) is 0 Å². The van der Waals surface area contributed by atoms with E-state index in [4.69, 9.17) is 11.6 Å². The fraction of sp³-hybridized carbons (Fsp3) is 0.417. The third-order valence-corrected chi connectivity index (χ3v) is 3.86. The van der Waals surface area contributed by atoms with Crippen molar-refractivity contribution >= 4 is 44.9 Å². The summed E-state index contributed by atoms with van der Waals surface area (Å²) in [6, 6.07) is 1.97. The molecule has 0 radical (unpaired) electrons. The Morgan fingerprint density at radius 1 is 1.58 bits per heavy atom. The Bertz CT molecular complexity index is 600. The van der Waals surface area contributed by atoms with Gasteiger partial charge in [0.1, 0.15) is 10.6 Å². The molecule has 1 amide bonds. The summed E-state index contributed by atoms with van der Waals surface area (Å²) in [6.45, 7) is 2.45. The first kappa shape index (κ1) is 14.0. The summed E-state index contributed by atoms with van der Waals surface area (Å²) in [5, 5.41) is 5.78. The lowest BCUT2D eigenvalue weighted by molar-refractivity contribution is -0.123. The highest BCUT2D eigenvalue weighted by molar-refractivity contribution is 7.16. The molecule has 0 bridgehead atoms. The molecule has 1 unspecified atom stereocenters. The summed E-state index contributed by atoms with van der Waals surface area (Å²) in [6.07, 6.45) is 0. The predicted molar refractivity (Wildman–Crippen MR) is 78.9 cm³/mol. The van der Waals surface area contributed by atoms with Crippen molar-refractivity contribution in [3.8, 4) is 0 Å². The van der Waals surface area contributed by atoms with Crippen molar-refractivity contribution < 1.29 is 4.79 Å². The molecule has 2 heterocycles. The number of fused-ring (bicyclic) bond motifs is 1. The summed E-state index contributed by atoms with van der Waals surface area (Å²) in [7, 11) is 3.53. The number of rotatable bonds is 4. The topological polar surface area (TPSA) is 58.1 Å². The second-order valence-corrected chi connectivity index (χ2v) is 5.58. The lowest BCUT2D eigenvalue weighted by atomic mass is 10.1. The normalized spacial score (nSPS) is 12.4. The van der Waals surface area contributed by atoms with Crippen LogP contribution in [0.3, 0.4) is 0 Å².